The van der Waals surface area contributed by atoms with Gasteiger partial charge in [0.15, 0.2) is 5.82 Å². The van der Waals surface area contributed by atoms with E-state index in [1.54, 1.807) is 34.9 Å². The zero-order chi connectivity index (χ0) is 18.8. The molecule has 2 saturated heterocycles. The molecule has 2 fully saturated rings. The number of hydrogen-bond acceptors (Lipinski definition) is 6. The molecule has 27 heavy (non-hydrogen) atoms. The van der Waals surface area contributed by atoms with Crippen molar-refractivity contribution in [2.24, 2.45) is 0 Å². The van der Waals surface area contributed by atoms with Gasteiger partial charge in [-0.05, 0) is 31.0 Å². The van der Waals surface area contributed by atoms with E-state index in [2.05, 4.69) is 15.5 Å². The highest BCUT2D eigenvalue weighted by Gasteiger charge is 2.28. The van der Waals surface area contributed by atoms with E-state index >= 15 is 0 Å². The number of amides is 3. The molecule has 3 amide bonds. The number of hydrogen-bond donors (Lipinski definition) is 1. The van der Waals surface area contributed by atoms with Gasteiger partial charge >= 0.3 is 12.1 Å². The van der Waals surface area contributed by atoms with Crippen molar-refractivity contribution in [3.8, 4) is 0 Å². The summed E-state index contributed by atoms with van der Waals surface area (Å²) >= 11 is 0. The van der Waals surface area contributed by atoms with Gasteiger partial charge in [0.25, 0.3) is 0 Å². The number of carbonyl (C=O) groups is 2. The van der Waals surface area contributed by atoms with E-state index in [9.17, 15) is 9.59 Å². The monoisotopic (exact) mass is 371 g/mol. The first kappa shape index (κ1) is 17.3. The van der Waals surface area contributed by atoms with Crippen LogP contribution < -0.4 is 10.2 Å². The standard InChI is InChI=1S/C18H21N5O4/c1-12-19-16(21-27-12)13-4-3-7-22(11-13)17(24)20-14-5-2-6-15(10-14)23-8-9-26-18(23)25/h2,5-6,10,13H,3-4,7-9,11H2,1H3,(H,20,24). The molecule has 1 unspecified atom stereocenters. The maximum absolute atomic E-state index is 12.7. The van der Waals surface area contributed by atoms with E-state index in [0.29, 0.717) is 49.3 Å². The van der Waals surface area contributed by atoms with Crippen molar-refractivity contribution in [1.29, 1.82) is 0 Å². The van der Waals surface area contributed by atoms with E-state index < -0.39 is 0 Å². The van der Waals surface area contributed by atoms with Crippen LogP contribution >= 0.6 is 0 Å². The predicted octanol–water partition coefficient (Wildman–Crippen LogP) is 2.75. The number of anilines is 2. The Hall–Kier alpha value is -3.10. The molecule has 0 radical (unpaired) electrons. The van der Waals surface area contributed by atoms with Crippen LogP contribution in [0, 0.1) is 6.92 Å². The van der Waals surface area contributed by atoms with Gasteiger partial charge in [0.1, 0.15) is 6.61 Å². The number of nitrogens with one attached hydrogen (secondary N) is 1. The third kappa shape index (κ3) is 3.71. The van der Waals surface area contributed by atoms with Crippen LogP contribution in [0.1, 0.15) is 30.5 Å². The summed E-state index contributed by atoms with van der Waals surface area (Å²) in [7, 11) is 0. The molecule has 1 aromatic heterocycles. The molecule has 0 aliphatic carbocycles. The Balaban J connectivity index is 1.42. The second kappa shape index (κ2) is 7.26. The van der Waals surface area contributed by atoms with Gasteiger partial charge in [0, 0.05) is 37.3 Å². The third-order valence-corrected chi connectivity index (χ3v) is 4.79. The number of carbonyl (C=O) groups excluding carboxylic acids is 2. The minimum atomic E-state index is -0.368. The van der Waals surface area contributed by atoms with E-state index in [1.165, 1.54) is 0 Å². The minimum Gasteiger partial charge on any atom is -0.447 e. The second-order valence-electron chi connectivity index (χ2n) is 6.70. The fraction of sp³-hybridized carbons (Fsp3) is 0.444. The lowest BCUT2D eigenvalue weighted by atomic mass is 9.98. The maximum atomic E-state index is 12.7. The highest BCUT2D eigenvalue weighted by Crippen LogP contribution is 2.26. The number of likely N-dealkylation sites (tertiary alicyclic amines) is 1. The zero-order valence-corrected chi connectivity index (χ0v) is 15.1. The Morgan fingerprint density at radius 1 is 1.33 bits per heavy atom. The quantitative estimate of drug-likeness (QED) is 0.890. The molecule has 2 aliphatic rings. The van der Waals surface area contributed by atoms with Gasteiger partial charge < -0.3 is 19.5 Å². The molecule has 1 atom stereocenters. The summed E-state index contributed by atoms with van der Waals surface area (Å²) < 4.78 is 10.0. The molecule has 2 aromatic rings. The van der Waals surface area contributed by atoms with Gasteiger partial charge in [0.05, 0.1) is 6.54 Å². The molecule has 2 aliphatic heterocycles. The molecule has 9 heteroatoms. The van der Waals surface area contributed by atoms with Crippen LogP contribution in [0.4, 0.5) is 21.0 Å². The van der Waals surface area contributed by atoms with Gasteiger partial charge in [0.2, 0.25) is 5.89 Å². The number of cyclic esters (lactones) is 1. The van der Waals surface area contributed by atoms with E-state index in [1.807, 2.05) is 6.07 Å². The molecule has 9 nitrogen and oxygen atoms in total. The number of aromatic nitrogens is 2. The summed E-state index contributed by atoms with van der Waals surface area (Å²) in [6.45, 7) is 3.86. The van der Waals surface area contributed by atoms with E-state index in [4.69, 9.17) is 9.26 Å². The predicted molar refractivity (Wildman–Crippen MR) is 96.7 cm³/mol. The molecule has 1 aromatic carbocycles. The Morgan fingerprint density at radius 3 is 2.96 bits per heavy atom. The first-order valence-electron chi connectivity index (χ1n) is 9.00. The molecule has 4 rings (SSSR count). The molecule has 142 valence electrons. The Kier molecular flexibility index (Phi) is 4.66. The number of piperidine rings is 1. The molecule has 3 heterocycles. The number of rotatable bonds is 3. The van der Waals surface area contributed by atoms with Gasteiger partial charge in [-0.1, -0.05) is 11.2 Å². The number of urea groups is 1. The average Bonchev–Trinajstić information content (AvgIpc) is 3.30. The van der Waals surface area contributed by atoms with Crippen LogP contribution in [0.3, 0.4) is 0 Å². The topological polar surface area (TPSA) is 101 Å². The highest BCUT2D eigenvalue weighted by molar-refractivity contribution is 5.93. The molecular weight excluding hydrogens is 350 g/mol. The second-order valence-corrected chi connectivity index (χ2v) is 6.70. The number of benzene rings is 1. The largest absolute Gasteiger partial charge is 0.447 e. The van der Waals surface area contributed by atoms with Crippen molar-refractivity contribution in [2.75, 3.05) is 36.5 Å². The maximum Gasteiger partial charge on any atom is 0.414 e. The van der Waals surface area contributed by atoms with Crippen molar-refractivity contribution in [1.82, 2.24) is 15.0 Å². The first-order chi connectivity index (χ1) is 13.1. The lowest BCUT2D eigenvalue weighted by molar-refractivity contribution is 0.181. The number of aryl methyl sites for hydroxylation is 1. The van der Waals surface area contributed by atoms with Crippen LogP contribution in [0.15, 0.2) is 28.8 Å². The van der Waals surface area contributed by atoms with Crippen LogP contribution in [0.2, 0.25) is 0 Å². The molecular formula is C18H21N5O4. The lowest BCUT2D eigenvalue weighted by Crippen LogP contribution is -2.41. The van der Waals surface area contributed by atoms with Crippen LogP contribution in [0.25, 0.3) is 0 Å². The fourth-order valence-corrected chi connectivity index (χ4v) is 3.44. The van der Waals surface area contributed by atoms with Crippen molar-refractivity contribution in [3.63, 3.8) is 0 Å². The summed E-state index contributed by atoms with van der Waals surface area (Å²) in [4.78, 5) is 32.0. The van der Waals surface area contributed by atoms with Crippen molar-refractivity contribution >= 4 is 23.5 Å². The van der Waals surface area contributed by atoms with Crippen LogP contribution in [0.5, 0.6) is 0 Å². The zero-order valence-electron chi connectivity index (χ0n) is 15.1. The first-order valence-corrected chi connectivity index (χ1v) is 9.00. The van der Waals surface area contributed by atoms with E-state index in [0.717, 1.165) is 12.8 Å². The lowest BCUT2D eigenvalue weighted by Gasteiger charge is -2.31. The minimum absolute atomic E-state index is 0.0765. The Labute approximate surface area is 156 Å². The summed E-state index contributed by atoms with van der Waals surface area (Å²) in [5.74, 6) is 1.26. The van der Waals surface area contributed by atoms with Crippen molar-refractivity contribution < 1.29 is 18.8 Å². The van der Waals surface area contributed by atoms with Gasteiger partial charge in [-0.15, -0.1) is 0 Å². The third-order valence-electron chi connectivity index (χ3n) is 4.79. The normalized spacial score (nSPS) is 19.9. The highest BCUT2D eigenvalue weighted by atomic mass is 16.6. The Bertz CT molecular complexity index is 852. The van der Waals surface area contributed by atoms with Gasteiger partial charge in [-0.25, -0.2) is 9.59 Å². The summed E-state index contributed by atoms with van der Waals surface area (Å²) in [6, 6.07) is 7.01. The Morgan fingerprint density at radius 2 is 2.22 bits per heavy atom. The molecule has 0 spiro atoms. The van der Waals surface area contributed by atoms with Crippen molar-refractivity contribution in [3.05, 3.63) is 36.0 Å². The smallest absolute Gasteiger partial charge is 0.414 e. The van der Waals surface area contributed by atoms with Gasteiger partial charge in [-0.2, -0.15) is 4.98 Å². The van der Waals surface area contributed by atoms with Crippen LogP contribution in [-0.4, -0.2) is 53.4 Å². The summed E-state index contributed by atoms with van der Waals surface area (Å²) in [5.41, 5.74) is 1.34. The molecule has 0 saturated carbocycles. The molecule has 1 N–H and O–H groups in total. The SMILES string of the molecule is Cc1nc(C2CCCN(C(=O)Nc3cccc(N4CCOC4=O)c3)C2)no1. The summed E-state index contributed by atoms with van der Waals surface area (Å²) in [5, 5.41) is 6.90. The summed E-state index contributed by atoms with van der Waals surface area (Å²) in [6.07, 6.45) is 1.44. The van der Waals surface area contributed by atoms with E-state index in [-0.39, 0.29) is 18.0 Å². The van der Waals surface area contributed by atoms with Crippen molar-refractivity contribution in [2.45, 2.75) is 25.7 Å². The average molecular weight is 371 g/mol. The number of ether oxygens (including phenoxy) is 1. The molecule has 0 bridgehead atoms. The van der Waals surface area contributed by atoms with Crippen LogP contribution in [-0.2, 0) is 4.74 Å². The fourth-order valence-electron chi connectivity index (χ4n) is 3.44. The number of nitrogens with zero attached hydrogens (tertiary/aromatic N) is 4. The van der Waals surface area contributed by atoms with Gasteiger partial charge in [-0.3, -0.25) is 4.90 Å².